The van der Waals surface area contributed by atoms with Crippen molar-refractivity contribution in [2.45, 2.75) is 18.9 Å². The summed E-state index contributed by atoms with van der Waals surface area (Å²) in [4.78, 5) is 21.2. The number of aliphatic hydroxyl groups is 1. The number of aromatic nitrogens is 1. The standard InChI is InChI=1S/C9H10F2N2O4/c10-8(11)4-6(5-14)12-3-1-2-7(9(12)15)13(16)17/h1-3,6,8,14H,4-5H2. The van der Waals surface area contributed by atoms with Gasteiger partial charge in [-0.2, -0.15) is 0 Å². The fourth-order valence-corrected chi connectivity index (χ4v) is 1.41. The number of pyridine rings is 1. The Labute approximate surface area is 94.3 Å². The first-order chi connectivity index (χ1) is 7.97. The Hall–Kier alpha value is -1.83. The predicted molar refractivity (Wildman–Crippen MR) is 54.1 cm³/mol. The van der Waals surface area contributed by atoms with Crippen LogP contribution in [0.15, 0.2) is 23.1 Å². The van der Waals surface area contributed by atoms with E-state index in [2.05, 4.69) is 0 Å². The molecule has 0 saturated heterocycles. The summed E-state index contributed by atoms with van der Waals surface area (Å²) in [7, 11) is 0. The van der Waals surface area contributed by atoms with Gasteiger partial charge in [-0.1, -0.05) is 0 Å². The van der Waals surface area contributed by atoms with Crippen molar-refractivity contribution in [3.05, 3.63) is 38.8 Å². The third-order valence-corrected chi connectivity index (χ3v) is 2.21. The molecule has 0 aliphatic carbocycles. The van der Waals surface area contributed by atoms with Crippen LogP contribution in [0.4, 0.5) is 14.5 Å². The molecule has 0 bridgehead atoms. The van der Waals surface area contributed by atoms with Crippen LogP contribution in [0.5, 0.6) is 0 Å². The maximum atomic E-state index is 12.2. The van der Waals surface area contributed by atoms with Crippen molar-refractivity contribution in [2.24, 2.45) is 0 Å². The average molecular weight is 248 g/mol. The molecule has 0 amide bonds. The van der Waals surface area contributed by atoms with Crippen molar-refractivity contribution in [2.75, 3.05) is 6.61 Å². The van der Waals surface area contributed by atoms with Gasteiger partial charge < -0.3 is 9.67 Å². The largest absolute Gasteiger partial charge is 0.394 e. The van der Waals surface area contributed by atoms with E-state index >= 15 is 0 Å². The van der Waals surface area contributed by atoms with Crippen molar-refractivity contribution in [3.63, 3.8) is 0 Å². The molecular weight excluding hydrogens is 238 g/mol. The van der Waals surface area contributed by atoms with Crippen molar-refractivity contribution in [3.8, 4) is 0 Å². The van der Waals surface area contributed by atoms with E-state index in [0.29, 0.717) is 0 Å². The molecule has 0 aliphatic heterocycles. The molecule has 0 aliphatic rings. The van der Waals surface area contributed by atoms with Crippen LogP contribution < -0.4 is 5.56 Å². The molecule has 0 aromatic carbocycles. The van der Waals surface area contributed by atoms with Gasteiger partial charge in [-0.25, -0.2) is 8.78 Å². The average Bonchev–Trinajstić information content (AvgIpc) is 2.26. The van der Waals surface area contributed by atoms with E-state index in [4.69, 9.17) is 5.11 Å². The third-order valence-electron chi connectivity index (χ3n) is 2.21. The lowest BCUT2D eigenvalue weighted by Gasteiger charge is -2.16. The number of aliphatic hydroxyl groups excluding tert-OH is 1. The summed E-state index contributed by atoms with van der Waals surface area (Å²) in [6, 6.07) is 1.02. The van der Waals surface area contributed by atoms with Crippen molar-refractivity contribution < 1.29 is 18.8 Å². The quantitative estimate of drug-likeness (QED) is 0.620. The van der Waals surface area contributed by atoms with Crippen LogP contribution in [0.3, 0.4) is 0 Å². The molecule has 1 aromatic rings. The molecule has 0 radical (unpaired) electrons. The number of nitrogens with zero attached hydrogens (tertiary/aromatic N) is 2. The SMILES string of the molecule is O=c1c([N+](=O)[O-])cccn1C(CO)CC(F)F. The molecule has 0 saturated carbocycles. The van der Waals surface area contributed by atoms with Crippen LogP contribution >= 0.6 is 0 Å². The fraction of sp³-hybridized carbons (Fsp3) is 0.444. The molecular formula is C9H10F2N2O4. The molecule has 1 N–H and O–H groups in total. The zero-order valence-corrected chi connectivity index (χ0v) is 8.62. The first-order valence-corrected chi connectivity index (χ1v) is 4.72. The monoisotopic (exact) mass is 248 g/mol. The Kier molecular flexibility index (Phi) is 4.27. The van der Waals surface area contributed by atoms with Gasteiger partial charge in [-0.3, -0.25) is 14.9 Å². The molecule has 1 rings (SSSR count). The molecule has 0 spiro atoms. The first-order valence-electron chi connectivity index (χ1n) is 4.72. The molecule has 1 unspecified atom stereocenters. The van der Waals surface area contributed by atoms with E-state index in [1.807, 2.05) is 0 Å². The second-order valence-corrected chi connectivity index (χ2v) is 3.33. The van der Waals surface area contributed by atoms with Gasteiger partial charge in [0.1, 0.15) is 0 Å². The fourth-order valence-electron chi connectivity index (χ4n) is 1.41. The minimum absolute atomic E-state index is 0.689. The van der Waals surface area contributed by atoms with E-state index in [9.17, 15) is 23.7 Å². The summed E-state index contributed by atoms with van der Waals surface area (Å²) < 4.78 is 25.1. The van der Waals surface area contributed by atoms with Crippen LogP contribution in [0.25, 0.3) is 0 Å². The molecule has 1 atom stereocenters. The lowest BCUT2D eigenvalue weighted by atomic mass is 10.2. The summed E-state index contributed by atoms with van der Waals surface area (Å²) in [5.74, 6) is 0. The molecule has 0 fully saturated rings. The van der Waals surface area contributed by atoms with E-state index < -0.39 is 41.7 Å². The lowest BCUT2D eigenvalue weighted by Crippen LogP contribution is -2.29. The Balaban J connectivity index is 3.16. The number of hydrogen-bond acceptors (Lipinski definition) is 4. The highest BCUT2D eigenvalue weighted by molar-refractivity contribution is 5.25. The Morgan fingerprint density at radius 2 is 2.18 bits per heavy atom. The summed E-state index contributed by atoms with van der Waals surface area (Å²) in [5, 5.41) is 19.4. The van der Waals surface area contributed by atoms with Crippen molar-refractivity contribution in [1.82, 2.24) is 4.57 Å². The molecule has 1 aromatic heterocycles. The van der Waals surface area contributed by atoms with E-state index in [1.54, 1.807) is 0 Å². The number of rotatable bonds is 5. The van der Waals surface area contributed by atoms with Gasteiger partial charge in [0.2, 0.25) is 6.43 Å². The van der Waals surface area contributed by atoms with E-state index in [1.165, 1.54) is 6.07 Å². The van der Waals surface area contributed by atoms with Crippen LogP contribution in [-0.2, 0) is 0 Å². The Morgan fingerprint density at radius 3 is 2.65 bits per heavy atom. The Bertz CT molecular complexity index is 461. The van der Waals surface area contributed by atoms with Gasteiger partial charge in [0.15, 0.2) is 0 Å². The van der Waals surface area contributed by atoms with E-state index in [-0.39, 0.29) is 0 Å². The first kappa shape index (κ1) is 13.2. The molecule has 8 heteroatoms. The molecule has 6 nitrogen and oxygen atoms in total. The predicted octanol–water partition coefficient (Wildman–Crippen LogP) is 0.945. The Morgan fingerprint density at radius 1 is 1.53 bits per heavy atom. The highest BCUT2D eigenvalue weighted by atomic mass is 19.3. The topological polar surface area (TPSA) is 85.4 Å². The van der Waals surface area contributed by atoms with Gasteiger partial charge in [0, 0.05) is 18.7 Å². The van der Waals surface area contributed by atoms with Gasteiger partial charge in [-0.15, -0.1) is 0 Å². The van der Waals surface area contributed by atoms with Gasteiger partial charge >= 0.3 is 11.2 Å². The number of nitro groups is 1. The van der Waals surface area contributed by atoms with Gasteiger partial charge in [0.05, 0.1) is 17.6 Å². The van der Waals surface area contributed by atoms with Crippen LogP contribution in [-0.4, -0.2) is 27.6 Å². The highest BCUT2D eigenvalue weighted by Crippen LogP contribution is 2.15. The lowest BCUT2D eigenvalue weighted by molar-refractivity contribution is -0.386. The normalized spacial score (nSPS) is 12.7. The molecule has 1 heterocycles. The second-order valence-electron chi connectivity index (χ2n) is 3.33. The van der Waals surface area contributed by atoms with Crippen molar-refractivity contribution in [1.29, 1.82) is 0 Å². The summed E-state index contributed by atoms with van der Waals surface area (Å²) in [5.41, 5.74) is -1.71. The zero-order chi connectivity index (χ0) is 13.0. The van der Waals surface area contributed by atoms with Gasteiger partial charge in [-0.05, 0) is 6.07 Å². The number of halogens is 2. The van der Waals surface area contributed by atoms with Crippen molar-refractivity contribution >= 4 is 5.69 Å². The summed E-state index contributed by atoms with van der Waals surface area (Å²) in [6.45, 7) is -0.689. The third kappa shape index (κ3) is 3.06. The maximum absolute atomic E-state index is 12.2. The molecule has 17 heavy (non-hydrogen) atoms. The van der Waals surface area contributed by atoms with E-state index in [0.717, 1.165) is 16.8 Å². The zero-order valence-electron chi connectivity index (χ0n) is 8.62. The minimum Gasteiger partial charge on any atom is -0.394 e. The minimum atomic E-state index is -2.71. The van der Waals surface area contributed by atoms with Crippen LogP contribution in [0, 0.1) is 10.1 Å². The number of alkyl halides is 2. The second kappa shape index (κ2) is 5.48. The smallest absolute Gasteiger partial charge is 0.334 e. The maximum Gasteiger partial charge on any atom is 0.334 e. The highest BCUT2D eigenvalue weighted by Gasteiger charge is 2.21. The number of hydrogen-bond donors (Lipinski definition) is 1. The summed E-state index contributed by atoms with van der Waals surface area (Å²) >= 11 is 0. The summed E-state index contributed by atoms with van der Waals surface area (Å²) in [6.07, 6.45) is -2.31. The van der Waals surface area contributed by atoms with Gasteiger partial charge in [0.25, 0.3) is 0 Å². The van der Waals surface area contributed by atoms with Crippen LogP contribution in [0.2, 0.25) is 0 Å². The van der Waals surface area contributed by atoms with Crippen LogP contribution in [0.1, 0.15) is 12.5 Å². The molecule has 94 valence electrons.